The summed E-state index contributed by atoms with van der Waals surface area (Å²) in [5.41, 5.74) is 0.923. The van der Waals surface area contributed by atoms with Gasteiger partial charge in [-0.05, 0) is 64.4 Å². The van der Waals surface area contributed by atoms with Gasteiger partial charge in [0.1, 0.15) is 6.54 Å². The summed E-state index contributed by atoms with van der Waals surface area (Å²) < 4.78 is 11.8. The minimum atomic E-state index is -1.91. The van der Waals surface area contributed by atoms with Crippen molar-refractivity contribution in [2.45, 2.75) is 46.2 Å². The van der Waals surface area contributed by atoms with E-state index in [4.69, 9.17) is 8.85 Å². The molecule has 0 fully saturated rings. The number of benzene rings is 1. The van der Waals surface area contributed by atoms with E-state index < -0.39 is 16.6 Å². The average molecular weight is 352 g/mol. The number of rotatable bonds is 7. The molecule has 0 saturated carbocycles. The zero-order chi connectivity index (χ0) is 17.7. The first kappa shape index (κ1) is 19.5. The van der Waals surface area contributed by atoms with Crippen molar-refractivity contribution in [1.29, 1.82) is 0 Å². The Labute approximate surface area is 142 Å². The number of allylic oxidation sites excluding steroid dienone is 1. The molecule has 0 N–H and O–H groups in total. The molecule has 0 amide bonds. The minimum absolute atomic E-state index is 0.151. The van der Waals surface area contributed by atoms with E-state index in [-0.39, 0.29) is 12.5 Å². The van der Waals surface area contributed by atoms with Crippen molar-refractivity contribution in [1.82, 2.24) is 0 Å². The van der Waals surface area contributed by atoms with E-state index in [2.05, 4.69) is 19.6 Å². The first-order valence-electron chi connectivity index (χ1n) is 7.91. The topological polar surface area (TPSA) is 38.8 Å². The molecule has 0 saturated heterocycles. The highest BCUT2D eigenvalue weighted by atomic mass is 28.4. The normalized spacial score (nSPS) is 12.7. The lowest BCUT2D eigenvalue weighted by Crippen LogP contribution is -2.39. The number of carbonyl (C=O) groups is 1. The number of hydrogen-bond acceptors (Lipinski definition) is 4. The molecule has 1 aromatic carbocycles. The third-order valence-electron chi connectivity index (χ3n) is 2.70. The van der Waals surface area contributed by atoms with Crippen molar-refractivity contribution >= 4 is 28.3 Å². The molecule has 128 valence electrons. The number of anilines is 1. The van der Waals surface area contributed by atoms with Crippen LogP contribution in [0.1, 0.15) is 6.92 Å². The summed E-state index contributed by atoms with van der Waals surface area (Å²) in [7, 11) is -3.70. The number of carbonyl (C=O) groups excluding carboxylic acids is 1. The van der Waals surface area contributed by atoms with Crippen molar-refractivity contribution < 1.29 is 13.6 Å². The lowest BCUT2D eigenvalue weighted by molar-refractivity contribution is -0.133. The summed E-state index contributed by atoms with van der Waals surface area (Å²) >= 11 is 0. The maximum Gasteiger partial charge on any atom is 0.312 e. The van der Waals surface area contributed by atoms with Gasteiger partial charge in [0, 0.05) is 5.69 Å². The van der Waals surface area contributed by atoms with E-state index in [0.29, 0.717) is 5.88 Å². The van der Waals surface area contributed by atoms with Gasteiger partial charge in [-0.1, -0.05) is 18.2 Å². The molecule has 0 heterocycles. The molecule has 0 spiro atoms. The zero-order valence-electron chi connectivity index (χ0n) is 15.3. The number of hydrogen-bond donors (Lipinski definition) is 0. The summed E-state index contributed by atoms with van der Waals surface area (Å²) in [5.74, 6) is 0.495. The first-order chi connectivity index (χ1) is 10.5. The minimum Gasteiger partial charge on any atom is -0.533 e. The molecular weight excluding hydrogens is 322 g/mol. The summed E-state index contributed by atoms with van der Waals surface area (Å²) in [6.45, 7) is 14.5. The second kappa shape index (κ2) is 7.83. The van der Waals surface area contributed by atoms with Gasteiger partial charge < -0.3 is 13.8 Å². The molecule has 0 aliphatic heterocycles. The van der Waals surface area contributed by atoms with Gasteiger partial charge >= 0.3 is 5.97 Å². The highest BCUT2D eigenvalue weighted by molar-refractivity contribution is 6.71. The lowest BCUT2D eigenvalue weighted by Gasteiger charge is -2.32. The molecule has 0 radical (unpaired) electrons. The maximum absolute atomic E-state index is 12.3. The van der Waals surface area contributed by atoms with Gasteiger partial charge in [0.05, 0.1) is 0 Å². The third kappa shape index (κ3) is 7.52. The third-order valence-corrected chi connectivity index (χ3v) is 4.36. The quantitative estimate of drug-likeness (QED) is 0.532. The summed E-state index contributed by atoms with van der Waals surface area (Å²) in [4.78, 5) is 14.2. The van der Waals surface area contributed by atoms with Crippen molar-refractivity contribution in [3.63, 3.8) is 0 Å². The van der Waals surface area contributed by atoms with Gasteiger partial charge in [0.2, 0.25) is 16.6 Å². The van der Waals surface area contributed by atoms with E-state index >= 15 is 0 Å². The van der Waals surface area contributed by atoms with Crippen molar-refractivity contribution in [3.05, 3.63) is 42.3 Å². The van der Waals surface area contributed by atoms with E-state index in [0.717, 1.165) is 5.69 Å². The van der Waals surface area contributed by atoms with Crippen LogP contribution in [0.15, 0.2) is 42.3 Å². The Morgan fingerprint density at radius 1 is 1.00 bits per heavy atom. The maximum atomic E-state index is 12.3. The van der Waals surface area contributed by atoms with Crippen LogP contribution in [-0.2, 0) is 13.6 Å². The van der Waals surface area contributed by atoms with E-state index in [9.17, 15) is 4.79 Å². The molecule has 0 unspecified atom stereocenters. The first-order valence-corrected chi connectivity index (χ1v) is 14.7. The molecule has 6 heteroatoms. The molecule has 0 aromatic heterocycles. The molecule has 4 nitrogen and oxygen atoms in total. The van der Waals surface area contributed by atoms with Gasteiger partial charge in [-0.15, -0.1) is 0 Å². The summed E-state index contributed by atoms with van der Waals surface area (Å²) in [5, 5.41) is 0. The Morgan fingerprint density at radius 2 is 1.52 bits per heavy atom. The zero-order valence-corrected chi connectivity index (χ0v) is 17.3. The predicted octanol–water partition coefficient (Wildman–Crippen LogP) is 4.58. The van der Waals surface area contributed by atoms with E-state index in [1.807, 2.05) is 67.9 Å². The molecular formula is C17H29NO3Si2. The van der Waals surface area contributed by atoms with E-state index in [1.165, 1.54) is 0 Å². The molecule has 0 bridgehead atoms. The van der Waals surface area contributed by atoms with Crippen molar-refractivity contribution in [2.24, 2.45) is 0 Å². The molecule has 0 aliphatic carbocycles. The van der Waals surface area contributed by atoms with Crippen LogP contribution >= 0.6 is 0 Å². The Balaban J connectivity index is 3.05. The Kier molecular flexibility index (Phi) is 6.64. The molecule has 23 heavy (non-hydrogen) atoms. The monoisotopic (exact) mass is 351 g/mol. The smallest absolute Gasteiger partial charge is 0.312 e. The second-order valence-corrected chi connectivity index (χ2v) is 16.2. The van der Waals surface area contributed by atoms with Crippen molar-refractivity contribution in [3.8, 4) is 0 Å². The van der Waals surface area contributed by atoms with Gasteiger partial charge in [-0.25, -0.2) is 0 Å². The van der Waals surface area contributed by atoms with Crippen LogP contribution in [0.25, 0.3) is 0 Å². The number of para-hydroxylation sites is 1. The summed E-state index contributed by atoms with van der Waals surface area (Å²) in [6, 6.07) is 9.80. The Bertz CT molecular complexity index is 545. The lowest BCUT2D eigenvalue weighted by atomic mass is 10.3. The van der Waals surface area contributed by atoms with Crippen LogP contribution in [0.2, 0.25) is 39.3 Å². The average Bonchev–Trinajstić information content (AvgIpc) is 2.40. The van der Waals surface area contributed by atoms with Crippen LogP contribution in [0, 0.1) is 0 Å². The molecule has 0 aliphatic rings. The van der Waals surface area contributed by atoms with Crippen LogP contribution < -0.4 is 4.90 Å². The largest absolute Gasteiger partial charge is 0.533 e. The standard InChI is InChI=1S/C17H29NO3Si2/c1-8-16(20-22(2,3)4)18(15-12-10-9-11-13-15)14-17(19)21-23(5,6)7/h8-13H,14H2,1-7H3/b16-8-. The SMILES string of the molecule is C/C=C(\O[Si](C)(C)C)N(CC(=O)O[Si](C)(C)C)c1ccccc1. The Hall–Kier alpha value is -1.54. The molecule has 1 rings (SSSR count). The highest BCUT2D eigenvalue weighted by Gasteiger charge is 2.26. The van der Waals surface area contributed by atoms with E-state index in [1.54, 1.807) is 0 Å². The van der Waals surface area contributed by atoms with Crippen LogP contribution in [0.4, 0.5) is 5.69 Å². The highest BCUT2D eigenvalue weighted by Crippen LogP contribution is 2.23. The van der Waals surface area contributed by atoms with Gasteiger partial charge in [0.25, 0.3) is 0 Å². The van der Waals surface area contributed by atoms with Gasteiger partial charge in [-0.2, -0.15) is 0 Å². The Morgan fingerprint density at radius 3 is 1.96 bits per heavy atom. The van der Waals surface area contributed by atoms with Crippen LogP contribution in [-0.4, -0.2) is 29.1 Å². The van der Waals surface area contributed by atoms with Gasteiger partial charge in [0.15, 0.2) is 5.88 Å². The fourth-order valence-electron chi connectivity index (χ4n) is 1.99. The van der Waals surface area contributed by atoms with Crippen molar-refractivity contribution in [2.75, 3.05) is 11.4 Å². The predicted molar refractivity (Wildman–Crippen MR) is 101 cm³/mol. The fourth-order valence-corrected chi connectivity index (χ4v) is 3.59. The van der Waals surface area contributed by atoms with Crippen LogP contribution in [0.3, 0.4) is 0 Å². The summed E-state index contributed by atoms with van der Waals surface area (Å²) in [6.07, 6.45) is 1.91. The van der Waals surface area contributed by atoms with Gasteiger partial charge in [-0.3, -0.25) is 4.79 Å². The molecule has 0 atom stereocenters. The van der Waals surface area contributed by atoms with Crippen LogP contribution in [0.5, 0.6) is 0 Å². The number of nitrogens with zero attached hydrogens (tertiary/aromatic N) is 1. The fraction of sp³-hybridized carbons (Fsp3) is 0.471. The second-order valence-electron chi connectivity index (χ2n) is 7.35. The molecule has 1 aromatic rings.